The maximum Gasteiger partial charge on any atom is 0.141 e. The normalized spacial score (nSPS) is 41.8. The molecule has 0 spiro atoms. The van der Waals surface area contributed by atoms with Gasteiger partial charge < -0.3 is 0 Å². The van der Waals surface area contributed by atoms with Crippen molar-refractivity contribution in [3.8, 4) is 0 Å². The van der Waals surface area contributed by atoms with E-state index < -0.39 is 0 Å². The van der Waals surface area contributed by atoms with Gasteiger partial charge in [-0.3, -0.25) is 9.59 Å². The molecule has 1 saturated carbocycles. The van der Waals surface area contributed by atoms with Crippen LogP contribution in [0.3, 0.4) is 0 Å². The van der Waals surface area contributed by atoms with E-state index in [9.17, 15) is 9.59 Å². The Labute approximate surface area is 95.4 Å². The minimum absolute atomic E-state index is 0.00903. The van der Waals surface area contributed by atoms with Crippen LogP contribution in [0.2, 0.25) is 0 Å². The summed E-state index contributed by atoms with van der Waals surface area (Å²) in [5.41, 5.74) is 0. The molecule has 3 aliphatic rings. The lowest BCUT2D eigenvalue weighted by molar-refractivity contribution is -0.147. The Morgan fingerprint density at radius 1 is 0.625 bits per heavy atom. The number of rotatable bonds is 0. The molecular weight excluding hydrogens is 200 g/mol. The fourth-order valence-corrected chi connectivity index (χ4v) is 3.44. The topological polar surface area (TPSA) is 34.1 Å². The molecule has 0 aromatic heterocycles. The summed E-state index contributed by atoms with van der Waals surface area (Å²) in [4.78, 5) is 24.6. The summed E-state index contributed by atoms with van der Waals surface area (Å²) in [6.45, 7) is 0. The van der Waals surface area contributed by atoms with Crippen LogP contribution in [-0.4, -0.2) is 11.6 Å². The standard InChI is InChI=1S/C14H16O2/c15-13-9-5-1-2-6-10(9)14(16)12-8-4-3-7-11(12)13/h1-4,9-12H,5-8H2/t9-,10-,11-,12+/m1/s1. The highest BCUT2D eigenvalue weighted by Gasteiger charge is 2.48. The number of fused-ring (bicyclic) bond motifs is 2. The number of hydrogen-bond donors (Lipinski definition) is 0. The molecule has 3 aliphatic carbocycles. The predicted octanol–water partition coefficient (Wildman–Crippen LogP) is 2.30. The average Bonchev–Trinajstić information content (AvgIpc) is 2.36. The summed E-state index contributed by atoms with van der Waals surface area (Å²) in [6, 6.07) is 0. The molecule has 0 radical (unpaired) electrons. The van der Waals surface area contributed by atoms with Gasteiger partial charge in [0.2, 0.25) is 0 Å². The van der Waals surface area contributed by atoms with E-state index in [2.05, 4.69) is 24.3 Å². The Kier molecular flexibility index (Phi) is 2.31. The molecule has 0 heterocycles. The molecule has 0 aromatic rings. The van der Waals surface area contributed by atoms with Gasteiger partial charge in [0.1, 0.15) is 11.6 Å². The van der Waals surface area contributed by atoms with Gasteiger partial charge in [-0.05, 0) is 25.7 Å². The summed E-state index contributed by atoms with van der Waals surface area (Å²) in [5, 5.41) is 0. The highest BCUT2D eigenvalue weighted by atomic mass is 16.1. The van der Waals surface area contributed by atoms with Gasteiger partial charge in [-0.25, -0.2) is 0 Å². The summed E-state index contributed by atoms with van der Waals surface area (Å²) in [5.74, 6) is 0.664. The van der Waals surface area contributed by atoms with Gasteiger partial charge in [-0.2, -0.15) is 0 Å². The van der Waals surface area contributed by atoms with E-state index in [4.69, 9.17) is 0 Å². The van der Waals surface area contributed by atoms with Crippen molar-refractivity contribution < 1.29 is 9.59 Å². The quantitative estimate of drug-likeness (QED) is 0.582. The van der Waals surface area contributed by atoms with Crippen molar-refractivity contribution in [1.82, 2.24) is 0 Å². The Balaban J connectivity index is 1.96. The van der Waals surface area contributed by atoms with Gasteiger partial charge in [0, 0.05) is 23.7 Å². The van der Waals surface area contributed by atoms with E-state index in [0.29, 0.717) is 11.6 Å². The predicted molar refractivity (Wildman–Crippen MR) is 60.7 cm³/mol. The third-order valence-electron chi connectivity index (χ3n) is 4.33. The Morgan fingerprint density at radius 3 is 1.12 bits per heavy atom. The molecule has 16 heavy (non-hydrogen) atoms. The number of hydrogen-bond acceptors (Lipinski definition) is 2. The fraction of sp³-hybridized carbons (Fsp3) is 0.571. The Morgan fingerprint density at radius 2 is 0.875 bits per heavy atom. The van der Waals surface area contributed by atoms with E-state index in [1.807, 2.05) is 0 Å². The first-order chi connectivity index (χ1) is 7.79. The SMILES string of the molecule is O=C1[C@H]2CC=CC[C@H]2C(=O)[C@@H]2CC=CC[C@@H]12. The number of allylic oxidation sites excluding steroid dienone is 4. The second kappa shape index (κ2) is 3.69. The van der Waals surface area contributed by atoms with E-state index in [0.717, 1.165) is 25.7 Å². The molecule has 0 saturated heterocycles. The van der Waals surface area contributed by atoms with Crippen LogP contribution in [0.15, 0.2) is 24.3 Å². The zero-order chi connectivity index (χ0) is 11.1. The zero-order valence-corrected chi connectivity index (χ0v) is 9.26. The van der Waals surface area contributed by atoms with Crippen molar-refractivity contribution in [3.05, 3.63) is 24.3 Å². The minimum Gasteiger partial charge on any atom is -0.299 e. The zero-order valence-electron chi connectivity index (χ0n) is 9.26. The largest absolute Gasteiger partial charge is 0.299 e. The van der Waals surface area contributed by atoms with Gasteiger partial charge in [0.15, 0.2) is 0 Å². The molecule has 2 heteroatoms. The van der Waals surface area contributed by atoms with Crippen LogP contribution in [-0.2, 0) is 9.59 Å². The van der Waals surface area contributed by atoms with Crippen molar-refractivity contribution in [2.24, 2.45) is 23.7 Å². The van der Waals surface area contributed by atoms with Crippen LogP contribution in [0.4, 0.5) is 0 Å². The molecule has 84 valence electrons. The third-order valence-corrected chi connectivity index (χ3v) is 4.33. The molecule has 0 aromatic carbocycles. The van der Waals surface area contributed by atoms with E-state index in [1.54, 1.807) is 0 Å². The maximum absolute atomic E-state index is 12.3. The van der Waals surface area contributed by atoms with Gasteiger partial charge in [0.25, 0.3) is 0 Å². The molecule has 0 N–H and O–H groups in total. The van der Waals surface area contributed by atoms with E-state index in [1.165, 1.54) is 0 Å². The summed E-state index contributed by atoms with van der Waals surface area (Å²) >= 11 is 0. The van der Waals surface area contributed by atoms with Crippen LogP contribution in [0, 0.1) is 23.7 Å². The molecule has 3 rings (SSSR count). The minimum atomic E-state index is -0.00903. The molecule has 1 fully saturated rings. The van der Waals surface area contributed by atoms with Crippen LogP contribution in [0.1, 0.15) is 25.7 Å². The molecular formula is C14H16O2. The molecule has 2 nitrogen and oxygen atoms in total. The van der Waals surface area contributed by atoms with Crippen LogP contribution in [0.5, 0.6) is 0 Å². The molecule has 0 bridgehead atoms. The van der Waals surface area contributed by atoms with Crippen LogP contribution >= 0.6 is 0 Å². The van der Waals surface area contributed by atoms with E-state index >= 15 is 0 Å². The first-order valence-corrected chi connectivity index (χ1v) is 6.16. The average molecular weight is 216 g/mol. The second-order valence-corrected chi connectivity index (χ2v) is 5.12. The number of carbonyl (C=O) groups is 2. The maximum atomic E-state index is 12.3. The Hall–Kier alpha value is -1.18. The summed E-state index contributed by atoms with van der Waals surface area (Å²) in [7, 11) is 0. The summed E-state index contributed by atoms with van der Waals surface area (Å²) < 4.78 is 0. The van der Waals surface area contributed by atoms with E-state index in [-0.39, 0.29) is 23.7 Å². The van der Waals surface area contributed by atoms with Crippen molar-refractivity contribution >= 4 is 11.6 Å². The molecule has 0 amide bonds. The molecule has 0 aliphatic heterocycles. The molecule has 0 unspecified atom stereocenters. The fourth-order valence-electron chi connectivity index (χ4n) is 3.44. The lowest BCUT2D eigenvalue weighted by Gasteiger charge is -2.40. The number of Topliss-reactive ketones (excluding diaryl/α,β-unsaturated/α-hetero) is 2. The van der Waals surface area contributed by atoms with Gasteiger partial charge in [-0.15, -0.1) is 0 Å². The highest BCUT2D eigenvalue weighted by molar-refractivity contribution is 6.00. The first kappa shape index (κ1) is 10.0. The lowest BCUT2D eigenvalue weighted by Crippen LogP contribution is -2.48. The van der Waals surface area contributed by atoms with Crippen molar-refractivity contribution in [2.75, 3.05) is 0 Å². The third kappa shape index (κ3) is 1.32. The van der Waals surface area contributed by atoms with Crippen LogP contribution < -0.4 is 0 Å². The Bertz CT molecular complexity index is 322. The first-order valence-electron chi connectivity index (χ1n) is 6.16. The number of ketones is 2. The van der Waals surface area contributed by atoms with Crippen molar-refractivity contribution in [3.63, 3.8) is 0 Å². The van der Waals surface area contributed by atoms with Gasteiger partial charge >= 0.3 is 0 Å². The summed E-state index contributed by atoms with van der Waals surface area (Å²) in [6.07, 6.45) is 11.4. The van der Waals surface area contributed by atoms with Crippen molar-refractivity contribution in [2.45, 2.75) is 25.7 Å². The monoisotopic (exact) mass is 216 g/mol. The van der Waals surface area contributed by atoms with Crippen LogP contribution in [0.25, 0.3) is 0 Å². The van der Waals surface area contributed by atoms with Crippen molar-refractivity contribution in [1.29, 1.82) is 0 Å². The smallest absolute Gasteiger partial charge is 0.141 e. The number of carbonyl (C=O) groups excluding carboxylic acids is 2. The lowest BCUT2D eigenvalue weighted by atomic mass is 9.60. The van der Waals surface area contributed by atoms with Gasteiger partial charge in [0.05, 0.1) is 0 Å². The second-order valence-electron chi connectivity index (χ2n) is 5.12. The highest BCUT2D eigenvalue weighted by Crippen LogP contribution is 2.43. The molecule has 4 atom stereocenters. The van der Waals surface area contributed by atoms with Gasteiger partial charge in [-0.1, -0.05) is 24.3 Å².